The molecule has 8 nitrogen and oxygen atoms in total. The highest BCUT2D eigenvalue weighted by atomic mass is 32.2. The van der Waals surface area contributed by atoms with Gasteiger partial charge in [-0.05, 0) is 68.7 Å². The Bertz CT molecular complexity index is 1170. The van der Waals surface area contributed by atoms with Gasteiger partial charge in [-0.2, -0.15) is 4.31 Å². The van der Waals surface area contributed by atoms with E-state index in [4.69, 9.17) is 14.2 Å². The zero-order chi connectivity index (χ0) is 24.3. The van der Waals surface area contributed by atoms with E-state index < -0.39 is 22.1 Å². The third-order valence-corrected chi connectivity index (χ3v) is 7.67. The molecule has 0 amide bonds. The fourth-order valence-electron chi connectivity index (χ4n) is 3.66. The number of hydrogen-bond donors (Lipinski definition) is 0. The lowest BCUT2D eigenvalue weighted by molar-refractivity contribution is 0.0318. The summed E-state index contributed by atoms with van der Waals surface area (Å²) < 4.78 is 43.4. The topological polar surface area (TPSA) is 99.2 Å². The van der Waals surface area contributed by atoms with Crippen LogP contribution in [-0.2, 0) is 19.5 Å². The molecular formula is C24H29NO7S. The number of carbonyl (C=O) groups is 2. The van der Waals surface area contributed by atoms with Crippen LogP contribution in [0.25, 0.3) is 0 Å². The van der Waals surface area contributed by atoms with Crippen LogP contribution in [0, 0.1) is 20.8 Å². The van der Waals surface area contributed by atoms with Crippen LogP contribution in [0.1, 0.15) is 44.3 Å². The Morgan fingerprint density at radius 2 is 1.64 bits per heavy atom. The molecule has 33 heavy (non-hydrogen) atoms. The van der Waals surface area contributed by atoms with Crippen molar-refractivity contribution in [3.8, 4) is 5.75 Å². The first-order valence-electron chi connectivity index (χ1n) is 10.6. The molecule has 0 N–H and O–H groups in total. The summed E-state index contributed by atoms with van der Waals surface area (Å²) in [4.78, 5) is 25.6. The minimum atomic E-state index is -3.91. The maximum absolute atomic E-state index is 13.1. The number of ether oxygens (including phenoxy) is 3. The molecule has 1 heterocycles. The molecule has 1 aliphatic rings. The monoisotopic (exact) mass is 475 g/mol. The van der Waals surface area contributed by atoms with Gasteiger partial charge in [0.15, 0.2) is 6.10 Å². The Labute approximate surface area is 194 Å². The highest BCUT2D eigenvalue weighted by Crippen LogP contribution is 2.29. The third kappa shape index (κ3) is 5.26. The minimum Gasteiger partial charge on any atom is -0.495 e. The van der Waals surface area contributed by atoms with Gasteiger partial charge in [0.05, 0.1) is 25.9 Å². The Morgan fingerprint density at radius 3 is 2.27 bits per heavy atom. The van der Waals surface area contributed by atoms with Gasteiger partial charge in [-0.25, -0.2) is 13.2 Å². The van der Waals surface area contributed by atoms with E-state index in [0.29, 0.717) is 18.8 Å². The number of rotatable bonds is 7. The van der Waals surface area contributed by atoms with Gasteiger partial charge in [-0.15, -0.1) is 0 Å². The Hall–Kier alpha value is -2.75. The predicted molar refractivity (Wildman–Crippen MR) is 122 cm³/mol. The first-order valence-corrected chi connectivity index (χ1v) is 12.1. The number of Topliss-reactive ketones (excluding diaryl/α,β-unsaturated/α-hetero) is 1. The number of benzene rings is 2. The summed E-state index contributed by atoms with van der Waals surface area (Å²) in [6, 6.07) is 7.76. The van der Waals surface area contributed by atoms with Gasteiger partial charge >= 0.3 is 5.97 Å². The molecular weight excluding hydrogens is 446 g/mol. The molecule has 178 valence electrons. The second kappa shape index (κ2) is 10.0. The number of ketones is 1. The number of methoxy groups -OCH3 is 1. The van der Waals surface area contributed by atoms with Crippen LogP contribution in [-0.4, -0.2) is 64.0 Å². The van der Waals surface area contributed by atoms with Crippen LogP contribution >= 0.6 is 0 Å². The largest absolute Gasteiger partial charge is 0.495 e. The summed E-state index contributed by atoms with van der Waals surface area (Å²) in [6.45, 7) is 8.22. The number of carbonyl (C=O) groups excluding carboxylic acids is 2. The summed E-state index contributed by atoms with van der Waals surface area (Å²) in [6.07, 6.45) is -1.04. The standard InChI is InChI=1S/C24H29NO7S/c1-15-12-17(3)20(13-16(15)2)23(26)18(4)32-24(27)19-6-7-21(30-5)22(14-19)33(28,29)25-8-10-31-11-9-25/h6-7,12-14,18H,8-11H2,1-5H3. The second-order valence-corrected chi connectivity index (χ2v) is 9.95. The fraction of sp³-hybridized carbons (Fsp3) is 0.417. The van der Waals surface area contributed by atoms with Gasteiger partial charge < -0.3 is 14.2 Å². The van der Waals surface area contributed by atoms with Gasteiger partial charge in [-0.3, -0.25) is 4.79 Å². The quantitative estimate of drug-likeness (QED) is 0.448. The molecule has 0 bridgehead atoms. The molecule has 0 aromatic heterocycles. The number of esters is 1. The van der Waals surface area contributed by atoms with Crippen LogP contribution in [0.15, 0.2) is 35.2 Å². The van der Waals surface area contributed by atoms with Crippen molar-refractivity contribution < 1.29 is 32.2 Å². The number of nitrogens with zero attached hydrogens (tertiary/aromatic N) is 1. The first-order chi connectivity index (χ1) is 15.6. The average molecular weight is 476 g/mol. The van der Waals surface area contributed by atoms with E-state index in [1.165, 1.54) is 36.5 Å². The molecule has 0 saturated carbocycles. The highest BCUT2D eigenvalue weighted by molar-refractivity contribution is 7.89. The number of hydrogen-bond acceptors (Lipinski definition) is 7. The zero-order valence-electron chi connectivity index (χ0n) is 19.5. The van der Waals surface area contributed by atoms with Crippen molar-refractivity contribution in [2.24, 2.45) is 0 Å². The smallest absolute Gasteiger partial charge is 0.338 e. The third-order valence-electron chi connectivity index (χ3n) is 5.75. The molecule has 0 radical (unpaired) electrons. The van der Waals surface area contributed by atoms with E-state index in [2.05, 4.69) is 0 Å². The maximum Gasteiger partial charge on any atom is 0.338 e. The number of sulfonamides is 1. The molecule has 1 unspecified atom stereocenters. The van der Waals surface area contributed by atoms with Gasteiger partial charge in [0, 0.05) is 18.7 Å². The molecule has 2 aromatic carbocycles. The van der Waals surface area contributed by atoms with Crippen LogP contribution in [0.4, 0.5) is 0 Å². The van der Waals surface area contributed by atoms with Crippen LogP contribution in [0.3, 0.4) is 0 Å². The molecule has 1 fully saturated rings. The molecule has 0 spiro atoms. The van der Waals surface area contributed by atoms with Gasteiger partial charge in [0.1, 0.15) is 10.6 Å². The minimum absolute atomic E-state index is 0.0130. The summed E-state index contributed by atoms with van der Waals surface area (Å²) >= 11 is 0. The van der Waals surface area contributed by atoms with Gasteiger partial charge in [-0.1, -0.05) is 6.07 Å². The van der Waals surface area contributed by atoms with Gasteiger partial charge in [0.2, 0.25) is 15.8 Å². The van der Waals surface area contributed by atoms with Crippen LogP contribution in [0.5, 0.6) is 5.75 Å². The summed E-state index contributed by atoms with van der Waals surface area (Å²) in [5.41, 5.74) is 3.34. The van der Waals surface area contributed by atoms with E-state index in [9.17, 15) is 18.0 Å². The molecule has 1 atom stereocenters. The lowest BCUT2D eigenvalue weighted by atomic mass is 9.96. The maximum atomic E-state index is 13.1. The summed E-state index contributed by atoms with van der Waals surface area (Å²) in [5, 5.41) is 0. The van der Waals surface area contributed by atoms with Crippen molar-refractivity contribution in [2.75, 3.05) is 33.4 Å². The van der Waals surface area contributed by atoms with E-state index in [1.54, 1.807) is 6.07 Å². The molecule has 1 saturated heterocycles. The summed E-state index contributed by atoms with van der Waals surface area (Å²) in [7, 11) is -2.55. The van der Waals surface area contributed by atoms with E-state index in [0.717, 1.165) is 16.7 Å². The molecule has 3 rings (SSSR count). The Balaban J connectivity index is 1.85. The average Bonchev–Trinajstić information content (AvgIpc) is 2.81. The molecule has 0 aliphatic carbocycles. The van der Waals surface area contributed by atoms with Crippen molar-refractivity contribution in [2.45, 2.75) is 38.7 Å². The van der Waals surface area contributed by atoms with E-state index >= 15 is 0 Å². The fourth-order valence-corrected chi connectivity index (χ4v) is 5.25. The Kier molecular flexibility index (Phi) is 7.56. The van der Waals surface area contributed by atoms with Crippen molar-refractivity contribution in [1.82, 2.24) is 4.31 Å². The van der Waals surface area contributed by atoms with Crippen molar-refractivity contribution in [1.29, 1.82) is 0 Å². The molecule has 1 aliphatic heterocycles. The predicted octanol–water partition coefficient (Wildman–Crippen LogP) is 3.07. The van der Waals surface area contributed by atoms with E-state index in [1.807, 2.05) is 26.8 Å². The van der Waals surface area contributed by atoms with Crippen molar-refractivity contribution in [3.05, 3.63) is 58.1 Å². The normalized spacial score (nSPS) is 15.7. The van der Waals surface area contributed by atoms with Gasteiger partial charge in [0.25, 0.3) is 0 Å². The first kappa shape index (κ1) is 24.9. The second-order valence-electron chi connectivity index (χ2n) is 8.05. The molecule has 9 heteroatoms. The van der Waals surface area contributed by atoms with Crippen LogP contribution in [0.2, 0.25) is 0 Å². The van der Waals surface area contributed by atoms with E-state index in [-0.39, 0.29) is 35.1 Å². The van der Waals surface area contributed by atoms with Crippen molar-refractivity contribution >= 4 is 21.8 Å². The zero-order valence-corrected chi connectivity index (χ0v) is 20.3. The number of morpholine rings is 1. The lowest BCUT2D eigenvalue weighted by Gasteiger charge is -2.26. The lowest BCUT2D eigenvalue weighted by Crippen LogP contribution is -2.40. The highest BCUT2D eigenvalue weighted by Gasteiger charge is 2.31. The number of aryl methyl sites for hydroxylation is 3. The molecule has 2 aromatic rings. The van der Waals surface area contributed by atoms with Crippen molar-refractivity contribution in [3.63, 3.8) is 0 Å². The Morgan fingerprint density at radius 1 is 1.00 bits per heavy atom. The summed E-state index contributed by atoms with van der Waals surface area (Å²) in [5.74, 6) is -0.995. The van der Waals surface area contributed by atoms with Crippen LogP contribution < -0.4 is 4.74 Å². The SMILES string of the molecule is COc1ccc(C(=O)OC(C)C(=O)c2cc(C)c(C)cc2C)cc1S(=O)(=O)N1CCOCC1.